The molecule has 0 spiro atoms. The fraction of sp³-hybridized carbons (Fsp3) is 0.769. The summed E-state index contributed by atoms with van der Waals surface area (Å²) >= 11 is 0. The number of carbonyl (C=O) groups is 1. The fourth-order valence-electron chi connectivity index (χ4n) is 1.77. The van der Waals surface area contributed by atoms with Gasteiger partial charge in [0.05, 0.1) is 0 Å². The lowest BCUT2D eigenvalue weighted by molar-refractivity contribution is -0.122. The van der Waals surface area contributed by atoms with Gasteiger partial charge in [0.25, 0.3) is 0 Å². The van der Waals surface area contributed by atoms with Crippen LogP contribution in [-0.4, -0.2) is 28.1 Å². The van der Waals surface area contributed by atoms with E-state index in [4.69, 9.17) is 10.3 Å². The number of hydrogen-bond acceptors (Lipinski definition) is 5. The highest BCUT2D eigenvalue weighted by atomic mass is 35.5. The van der Waals surface area contributed by atoms with Gasteiger partial charge in [0, 0.05) is 30.8 Å². The Morgan fingerprint density at radius 3 is 2.80 bits per heavy atom. The van der Waals surface area contributed by atoms with Crippen LogP contribution in [0.5, 0.6) is 0 Å². The molecule has 1 saturated carbocycles. The maximum absolute atomic E-state index is 11.7. The Labute approximate surface area is 125 Å². The van der Waals surface area contributed by atoms with Crippen LogP contribution in [0.2, 0.25) is 0 Å². The van der Waals surface area contributed by atoms with Gasteiger partial charge in [-0.2, -0.15) is 4.98 Å². The molecule has 0 aliphatic heterocycles. The molecule has 1 fully saturated rings. The van der Waals surface area contributed by atoms with Crippen LogP contribution in [0.4, 0.5) is 0 Å². The molecule has 0 bridgehead atoms. The Balaban J connectivity index is 0.00000200. The molecule has 20 heavy (non-hydrogen) atoms. The number of nitrogens with two attached hydrogens (primary N) is 1. The molecule has 0 radical (unpaired) electrons. The molecule has 3 N–H and O–H groups in total. The Bertz CT molecular complexity index is 443. The molecule has 0 aromatic carbocycles. The zero-order chi connectivity index (χ0) is 13.9. The number of hydrogen-bond donors (Lipinski definition) is 2. The van der Waals surface area contributed by atoms with E-state index in [0.29, 0.717) is 37.6 Å². The lowest BCUT2D eigenvalue weighted by Crippen LogP contribution is -2.48. The van der Waals surface area contributed by atoms with Crippen LogP contribution in [0.25, 0.3) is 0 Å². The summed E-state index contributed by atoms with van der Waals surface area (Å²) in [5.74, 6) is 1.97. The molecular weight excluding hydrogens is 280 g/mol. The van der Waals surface area contributed by atoms with Gasteiger partial charge in [-0.15, -0.1) is 12.4 Å². The van der Waals surface area contributed by atoms with Gasteiger partial charge in [-0.25, -0.2) is 0 Å². The maximum Gasteiger partial charge on any atom is 0.226 e. The van der Waals surface area contributed by atoms with E-state index >= 15 is 0 Å². The van der Waals surface area contributed by atoms with Crippen molar-refractivity contribution in [3.8, 4) is 0 Å². The Morgan fingerprint density at radius 1 is 1.50 bits per heavy atom. The molecule has 6 nitrogen and oxygen atoms in total. The Kier molecular flexibility index (Phi) is 5.95. The van der Waals surface area contributed by atoms with Gasteiger partial charge in [-0.05, 0) is 33.1 Å². The maximum atomic E-state index is 11.7. The summed E-state index contributed by atoms with van der Waals surface area (Å²) in [6.07, 6.45) is 4.13. The van der Waals surface area contributed by atoms with Crippen molar-refractivity contribution in [1.29, 1.82) is 0 Å². The summed E-state index contributed by atoms with van der Waals surface area (Å²) < 4.78 is 5.16. The molecule has 0 atom stereocenters. The fourth-order valence-corrected chi connectivity index (χ4v) is 1.77. The van der Waals surface area contributed by atoms with E-state index in [9.17, 15) is 4.79 Å². The van der Waals surface area contributed by atoms with E-state index in [-0.39, 0.29) is 23.9 Å². The first-order valence-corrected chi connectivity index (χ1v) is 6.84. The number of nitrogens with zero attached hydrogens (tertiary/aromatic N) is 2. The molecule has 1 aliphatic rings. The van der Waals surface area contributed by atoms with E-state index in [1.807, 2.05) is 13.8 Å². The van der Waals surface area contributed by atoms with E-state index in [1.54, 1.807) is 0 Å². The molecule has 7 heteroatoms. The van der Waals surface area contributed by atoms with E-state index in [0.717, 1.165) is 18.7 Å². The van der Waals surface area contributed by atoms with Crippen molar-refractivity contribution in [2.24, 2.45) is 5.73 Å². The van der Waals surface area contributed by atoms with Gasteiger partial charge in [-0.1, -0.05) is 5.16 Å². The summed E-state index contributed by atoms with van der Waals surface area (Å²) in [5, 5.41) is 6.84. The molecule has 2 rings (SSSR count). The van der Waals surface area contributed by atoms with E-state index in [2.05, 4.69) is 15.5 Å². The van der Waals surface area contributed by atoms with Crippen molar-refractivity contribution in [2.75, 3.05) is 6.54 Å². The van der Waals surface area contributed by atoms with Crippen LogP contribution in [-0.2, 0) is 11.2 Å². The third-order valence-corrected chi connectivity index (χ3v) is 3.21. The van der Waals surface area contributed by atoms with Crippen LogP contribution in [0.3, 0.4) is 0 Å². The summed E-state index contributed by atoms with van der Waals surface area (Å²) in [5.41, 5.74) is 5.22. The first-order chi connectivity index (χ1) is 9.00. The normalized spacial score (nSPS) is 14.8. The molecule has 1 aromatic heterocycles. The predicted octanol–water partition coefficient (Wildman–Crippen LogP) is 1.54. The highest BCUT2D eigenvalue weighted by molar-refractivity contribution is 5.85. The van der Waals surface area contributed by atoms with Crippen molar-refractivity contribution in [2.45, 2.75) is 57.4 Å². The summed E-state index contributed by atoms with van der Waals surface area (Å²) in [7, 11) is 0. The van der Waals surface area contributed by atoms with Crippen LogP contribution in [0.1, 0.15) is 57.2 Å². The average Bonchev–Trinajstić information content (AvgIpc) is 3.09. The summed E-state index contributed by atoms with van der Waals surface area (Å²) in [6.45, 7) is 4.24. The van der Waals surface area contributed by atoms with Gasteiger partial charge < -0.3 is 15.6 Å². The van der Waals surface area contributed by atoms with Crippen molar-refractivity contribution in [1.82, 2.24) is 15.5 Å². The van der Waals surface area contributed by atoms with Crippen LogP contribution in [0.15, 0.2) is 4.52 Å². The van der Waals surface area contributed by atoms with Gasteiger partial charge in [-0.3, -0.25) is 4.79 Å². The SMILES string of the molecule is CC(C)(CN)NC(=O)CCCc1nc(C2CC2)no1.Cl. The zero-order valence-corrected chi connectivity index (χ0v) is 12.8. The van der Waals surface area contributed by atoms with Crippen molar-refractivity contribution in [3.05, 3.63) is 11.7 Å². The molecular formula is C13H23ClN4O2. The number of nitrogens with one attached hydrogen (secondary N) is 1. The van der Waals surface area contributed by atoms with E-state index in [1.165, 1.54) is 0 Å². The molecule has 1 heterocycles. The third-order valence-electron chi connectivity index (χ3n) is 3.21. The number of aromatic nitrogens is 2. The first-order valence-electron chi connectivity index (χ1n) is 6.84. The monoisotopic (exact) mass is 302 g/mol. The smallest absolute Gasteiger partial charge is 0.226 e. The highest BCUT2D eigenvalue weighted by Crippen LogP contribution is 2.38. The molecule has 0 saturated heterocycles. The average molecular weight is 303 g/mol. The summed E-state index contributed by atoms with van der Waals surface area (Å²) in [6, 6.07) is 0. The van der Waals surface area contributed by atoms with Gasteiger partial charge in [0.15, 0.2) is 5.82 Å². The van der Waals surface area contributed by atoms with Crippen molar-refractivity contribution in [3.63, 3.8) is 0 Å². The van der Waals surface area contributed by atoms with Crippen molar-refractivity contribution >= 4 is 18.3 Å². The lowest BCUT2D eigenvalue weighted by atomic mass is 10.1. The molecule has 0 unspecified atom stereocenters. The topological polar surface area (TPSA) is 94.0 Å². The second kappa shape index (κ2) is 7.04. The molecule has 1 aliphatic carbocycles. The largest absolute Gasteiger partial charge is 0.350 e. The molecule has 1 amide bonds. The lowest BCUT2D eigenvalue weighted by Gasteiger charge is -2.24. The third kappa shape index (κ3) is 5.09. The predicted molar refractivity (Wildman–Crippen MR) is 77.7 cm³/mol. The van der Waals surface area contributed by atoms with Crippen LogP contribution in [0, 0.1) is 0 Å². The quantitative estimate of drug-likeness (QED) is 0.797. The summed E-state index contributed by atoms with van der Waals surface area (Å²) in [4.78, 5) is 16.0. The van der Waals surface area contributed by atoms with Crippen LogP contribution < -0.4 is 11.1 Å². The Hall–Kier alpha value is -1.14. The van der Waals surface area contributed by atoms with Gasteiger partial charge in [0.1, 0.15) is 0 Å². The first kappa shape index (κ1) is 16.9. The second-order valence-electron chi connectivity index (χ2n) is 5.81. The number of amides is 1. The van der Waals surface area contributed by atoms with Crippen molar-refractivity contribution < 1.29 is 9.32 Å². The van der Waals surface area contributed by atoms with Crippen LogP contribution >= 0.6 is 12.4 Å². The number of aryl methyl sites for hydroxylation is 1. The minimum atomic E-state index is -0.347. The van der Waals surface area contributed by atoms with Gasteiger partial charge in [0.2, 0.25) is 11.8 Å². The van der Waals surface area contributed by atoms with Gasteiger partial charge >= 0.3 is 0 Å². The minimum absolute atomic E-state index is 0. The second-order valence-corrected chi connectivity index (χ2v) is 5.81. The zero-order valence-electron chi connectivity index (χ0n) is 12.0. The van der Waals surface area contributed by atoms with E-state index < -0.39 is 0 Å². The minimum Gasteiger partial charge on any atom is -0.350 e. The highest BCUT2D eigenvalue weighted by Gasteiger charge is 2.28. The number of carbonyl (C=O) groups excluding carboxylic acids is 1. The molecule has 1 aromatic rings. The molecule has 114 valence electrons. The standard InChI is InChI=1S/C13H22N4O2.ClH/c1-13(2,8-14)16-10(18)4-3-5-11-15-12(17-19-11)9-6-7-9;/h9H,3-8,14H2,1-2H3,(H,16,18);1H. The number of rotatable bonds is 7. The Morgan fingerprint density at radius 2 is 2.20 bits per heavy atom. The number of halogens is 1.